The predicted octanol–water partition coefficient (Wildman–Crippen LogP) is 2.31. The van der Waals surface area contributed by atoms with E-state index < -0.39 is 11.8 Å². The van der Waals surface area contributed by atoms with Gasteiger partial charge in [0.05, 0.1) is 0 Å². The Balaban J connectivity index is 1.47. The fraction of sp³-hybridized carbons (Fsp3) is 0.364. The van der Waals surface area contributed by atoms with Crippen LogP contribution in [0.2, 0.25) is 0 Å². The summed E-state index contributed by atoms with van der Waals surface area (Å²) in [6.45, 7) is 7.33. The number of carbonyl (C=O) groups is 2. The lowest BCUT2D eigenvalue weighted by Crippen LogP contribution is -2.53. The molecule has 1 N–H and O–H groups in total. The molecule has 1 aliphatic heterocycles. The maximum absolute atomic E-state index is 12.4. The highest BCUT2D eigenvalue weighted by molar-refractivity contribution is 6.35. The van der Waals surface area contributed by atoms with E-state index in [2.05, 4.69) is 42.3 Å². The van der Waals surface area contributed by atoms with Crippen LogP contribution in [0.15, 0.2) is 48.5 Å². The minimum atomic E-state index is -0.508. The number of amides is 2. The summed E-state index contributed by atoms with van der Waals surface area (Å²) in [7, 11) is 0. The Morgan fingerprint density at radius 3 is 2.33 bits per heavy atom. The van der Waals surface area contributed by atoms with Gasteiger partial charge in [0.15, 0.2) is 0 Å². The lowest BCUT2D eigenvalue weighted by Gasteiger charge is -2.36. The SMILES string of the molecule is Cc1cccc(N2CCN(C(=O)C(=O)NCCc3ccccc3)CC2)c1C. The van der Waals surface area contributed by atoms with E-state index in [9.17, 15) is 9.59 Å². The second kappa shape index (κ2) is 8.71. The summed E-state index contributed by atoms with van der Waals surface area (Å²) in [4.78, 5) is 28.5. The first-order valence-corrected chi connectivity index (χ1v) is 9.48. The summed E-state index contributed by atoms with van der Waals surface area (Å²) >= 11 is 0. The van der Waals surface area contributed by atoms with Crippen molar-refractivity contribution in [3.63, 3.8) is 0 Å². The van der Waals surface area contributed by atoms with Crippen molar-refractivity contribution in [2.45, 2.75) is 20.3 Å². The van der Waals surface area contributed by atoms with E-state index in [1.165, 1.54) is 16.8 Å². The van der Waals surface area contributed by atoms with Crippen molar-refractivity contribution in [3.8, 4) is 0 Å². The Kier molecular flexibility index (Phi) is 6.12. The van der Waals surface area contributed by atoms with Crippen molar-refractivity contribution < 1.29 is 9.59 Å². The van der Waals surface area contributed by atoms with E-state index in [1.54, 1.807) is 4.90 Å². The minimum Gasteiger partial charge on any atom is -0.368 e. The van der Waals surface area contributed by atoms with Crippen LogP contribution < -0.4 is 10.2 Å². The molecule has 1 heterocycles. The molecule has 0 spiro atoms. The predicted molar refractivity (Wildman–Crippen MR) is 108 cm³/mol. The Hall–Kier alpha value is -2.82. The third-order valence-corrected chi connectivity index (χ3v) is 5.22. The van der Waals surface area contributed by atoms with Gasteiger partial charge in [-0.3, -0.25) is 9.59 Å². The molecule has 1 saturated heterocycles. The van der Waals surface area contributed by atoms with E-state index in [-0.39, 0.29) is 0 Å². The Morgan fingerprint density at radius 2 is 1.63 bits per heavy atom. The molecule has 3 rings (SSSR count). The smallest absolute Gasteiger partial charge is 0.312 e. The van der Waals surface area contributed by atoms with Crippen LogP contribution in [-0.4, -0.2) is 49.4 Å². The van der Waals surface area contributed by atoms with E-state index in [0.29, 0.717) is 19.6 Å². The van der Waals surface area contributed by atoms with Gasteiger partial charge in [-0.15, -0.1) is 0 Å². The summed E-state index contributed by atoms with van der Waals surface area (Å²) in [5, 5.41) is 2.74. The molecule has 5 nitrogen and oxygen atoms in total. The normalized spacial score (nSPS) is 14.1. The van der Waals surface area contributed by atoms with Crippen LogP contribution in [0.25, 0.3) is 0 Å². The number of nitrogens with zero attached hydrogens (tertiary/aromatic N) is 2. The van der Waals surface area contributed by atoms with Crippen molar-refractivity contribution >= 4 is 17.5 Å². The maximum Gasteiger partial charge on any atom is 0.312 e. The second-order valence-corrected chi connectivity index (χ2v) is 6.99. The lowest BCUT2D eigenvalue weighted by atomic mass is 10.1. The number of benzene rings is 2. The molecule has 27 heavy (non-hydrogen) atoms. The number of piperazine rings is 1. The molecule has 2 aromatic rings. The molecule has 0 atom stereocenters. The van der Waals surface area contributed by atoms with Gasteiger partial charge in [-0.25, -0.2) is 0 Å². The van der Waals surface area contributed by atoms with Crippen molar-refractivity contribution in [3.05, 3.63) is 65.2 Å². The fourth-order valence-corrected chi connectivity index (χ4v) is 3.41. The summed E-state index contributed by atoms with van der Waals surface area (Å²) < 4.78 is 0. The summed E-state index contributed by atoms with van der Waals surface area (Å²) in [6, 6.07) is 16.2. The molecule has 2 amide bonds. The maximum atomic E-state index is 12.4. The number of hydrogen-bond donors (Lipinski definition) is 1. The first kappa shape index (κ1) is 19.0. The summed E-state index contributed by atoms with van der Waals surface area (Å²) in [6.07, 6.45) is 0.722. The highest BCUT2D eigenvalue weighted by Crippen LogP contribution is 2.23. The number of nitrogens with one attached hydrogen (secondary N) is 1. The topological polar surface area (TPSA) is 52.7 Å². The van der Waals surface area contributed by atoms with Crippen molar-refractivity contribution in [2.24, 2.45) is 0 Å². The quantitative estimate of drug-likeness (QED) is 0.846. The Labute approximate surface area is 161 Å². The van der Waals surface area contributed by atoms with Crippen molar-refractivity contribution in [1.82, 2.24) is 10.2 Å². The fourth-order valence-electron chi connectivity index (χ4n) is 3.41. The molecule has 2 aromatic carbocycles. The van der Waals surface area contributed by atoms with Crippen LogP contribution >= 0.6 is 0 Å². The number of anilines is 1. The molecule has 0 aliphatic carbocycles. The molecule has 1 aliphatic rings. The van der Waals surface area contributed by atoms with Crippen LogP contribution in [0.3, 0.4) is 0 Å². The number of hydrogen-bond acceptors (Lipinski definition) is 3. The van der Waals surface area contributed by atoms with Gasteiger partial charge in [0.2, 0.25) is 0 Å². The highest BCUT2D eigenvalue weighted by atomic mass is 16.2. The average Bonchev–Trinajstić information content (AvgIpc) is 2.70. The second-order valence-electron chi connectivity index (χ2n) is 6.99. The van der Waals surface area contributed by atoms with Crippen LogP contribution in [0.5, 0.6) is 0 Å². The molecule has 0 saturated carbocycles. The van der Waals surface area contributed by atoms with E-state index in [1.807, 2.05) is 30.3 Å². The molecule has 0 unspecified atom stereocenters. The van der Waals surface area contributed by atoms with Crippen LogP contribution in [0, 0.1) is 13.8 Å². The van der Waals surface area contributed by atoms with Gasteiger partial charge in [0.25, 0.3) is 0 Å². The van der Waals surface area contributed by atoms with Gasteiger partial charge in [-0.2, -0.15) is 0 Å². The molecular formula is C22H27N3O2. The monoisotopic (exact) mass is 365 g/mol. The van der Waals surface area contributed by atoms with Gasteiger partial charge in [-0.05, 0) is 43.0 Å². The zero-order valence-electron chi connectivity index (χ0n) is 16.1. The van der Waals surface area contributed by atoms with E-state index in [0.717, 1.165) is 25.1 Å². The van der Waals surface area contributed by atoms with Crippen molar-refractivity contribution in [1.29, 1.82) is 0 Å². The molecule has 0 bridgehead atoms. The van der Waals surface area contributed by atoms with Crippen LogP contribution in [-0.2, 0) is 16.0 Å². The van der Waals surface area contributed by atoms with Crippen LogP contribution in [0.1, 0.15) is 16.7 Å². The number of aryl methyl sites for hydroxylation is 1. The zero-order chi connectivity index (χ0) is 19.2. The molecule has 0 radical (unpaired) electrons. The largest absolute Gasteiger partial charge is 0.368 e. The third-order valence-electron chi connectivity index (χ3n) is 5.22. The molecule has 5 heteroatoms. The van der Waals surface area contributed by atoms with Gasteiger partial charge in [0, 0.05) is 38.4 Å². The Bertz CT molecular complexity index is 796. The van der Waals surface area contributed by atoms with E-state index in [4.69, 9.17) is 0 Å². The zero-order valence-corrected chi connectivity index (χ0v) is 16.1. The standard InChI is InChI=1S/C22H27N3O2/c1-17-7-6-10-20(18(17)2)24-13-15-25(16-14-24)22(27)21(26)23-12-11-19-8-4-3-5-9-19/h3-10H,11-16H2,1-2H3,(H,23,26). The third kappa shape index (κ3) is 4.67. The van der Waals surface area contributed by atoms with Crippen LogP contribution in [0.4, 0.5) is 5.69 Å². The van der Waals surface area contributed by atoms with Crippen molar-refractivity contribution in [2.75, 3.05) is 37.6 Å². The average molecular weight is 365 g/mol. The molecular weight excluding hydrogens is 338 g/mol. The van der Waals surface area contributed by atoms with Gasteiger partial charge in [-0.1, -0.05) is 42.5 Å². The van der Waals surface area contributed by atoms with Gasteiger partial charge in [0.1, 0.15) is 0 Å². The molecule has 142 valence electrons. The minimum absolute atomic E-state index is 0.427. The summed E-state index contributed by atoms with van der Waals surface area (Å²) in [5.41, 5.74) is 4.90. The highest BCUT2D eigenvalue weighted by Gasteiger charge is 2.26. The number of rotatable bonds is 4. The first-order valence-electron chi connectivity index (χ1n) is 9.48. The Morgan fingerprint density at radius 1 is 0.926 bits per heavy atom. The van der Waals surface area contributed by atoms with E-state index >= 15 is 0 Å². The molecule has 1 fully saturated rings. The first-order chi connectivity index (χ1) is 13.1. The summed E-state index contributed by atoms with van der Waals surface area (Å²) in [5.74, 6) is -0.935. The van der Waals surface area contributed by atoms with Gasteiger partial charge < -0.3 is 15.1 Å². The number of carbonyl (C=O) groups excluding carboxylic acids is 2. The molecule has 0 aromatic heterocycles. The lowest BCUT2D eigenvalue weighted by molar-refractivity contribution is -0.146. The van der Waals surface area contributed by atoms with Gasteiger partial charge >= 0.3 is 11.8 Å².